The molecule has 0 saturated carbocycles. The zero-order valence-electron chi connectivity index (χ0n) is 7.19. The first-order valence-electron chi connectivity index (χ1n) is 3.32. The van der Waals surface area contributed by atoms with Gasteiger partial charge in [-0.15, -0.1) is 0 Å². The minimum Gasteiger partial charge on any atom is -0.537 e. The van der Waals surface area contributed by atoms with Gasteiger partial charge in [-0.25, -0.2) is 8.42 Å². The summed E-state index contributed by atoms with van der Waals surface area (Å²) in [6.45, 7) is 0. The van der Waals surface area contributed by atoms with Gasteiger partial charge in [-0.2, -0.15) is 0 Å². The van der Waals surface area contributed by atoms with Crippen molar-refractivity contribution < 1.29 is 42.8 Å². The second-order valence-corrected chi connectivity index (χ2v) is 5.00. The number of nitrogens with zero attached hydrogens (tertiary/aromatic N) is 1. The summed E-state index contributed by atoms with van der Waals surface area (Å²) in [5.41, 5.74) is 0.142. The molecule has 0 fully saturated rings. The molecule has 1 heterocycles. The molecular formula is C7H3BrNNaO3S. The fraction of sp³-hybridized carbons (Fsp3) is 0. The van der Waals surface area contributed by atoms with Gasteiger partial charge in [-0.3, -0.25) is 0 Å². The number of sulfonamides is 1. The van der Waals surface area contributed by atoms with Crippen molar-refractivity contribution in [3.05, 3.63) is 33.0 Å². The monoisotopic (exact) mass is 283 g/mol. The van der Waals surface area contributed by atoms with Gasteiger partial charge in [0.1, 0.15) is 10.0 Å². The minimum absolute atomic E-state index is 0. The molecule has 1 aliphatic heterocycles. The fourth-order valence-corrected chi connectivity index (χ4v) is 2.73. The molecule has 4 nitrogen and oxygen atoms in total. The Balaban J connectivity index is 0.000000980. The van der Waals surface area contributed by atoms with Crippen LogP contribution < -0.4 is 29.6 Å². The second-order valence-electron chi connectivity index (χ2n) is 2.51. The van der Waals surface area contributed by atoms with Crippen LogP contribution in [0.5, 0.6) is 0 Å². The fourth-order valence-electron chi connectivity index (χ4n) is 1.09. The maximum Gasteiger partial charge on any atom is 1.00 e. The molecule has 0 atom stereocenters. The van der Waals surface area contributed by atoms with E-state index in [1.165, 1.54) is 12.1 Å². The largest absolute Gasteiger partial charge is 1.00 e. The number of rotatable bonds is 0. The summed E-state index contributed by atoms with van der Waals surface area (Å²) < 4.78 is 26.1. The summed E-state index contributed by atoms with van der Waals surface area (Å²) in [6.07, 6.45) is 0. The SMILES string of the molecule is O=C1[N-]S(=O)(=O)c2cc(Br)ccc21.[Na+]. The molecule has 0 saturated heterocycles. The maximum absolute atomic E-state index is 11.2. The molecule has 14 heavy (non-hydrogen) atoms. The van der Waals surface area contributed by atoms with Crippen LogP contribution in [0.25, 0.3) is 4.72 Å². The van der Waals surface area contributed by atoms with Crippen molar-refractivity contribution in [2.45, 2.75) is 4.90 Å². The Morgan fingerprint density at radius 2 is 1.93 bits per heavy atom. The van der Waals surface area contributed by atoms with Crippen LogP contribution in [0.1, 0.15) is 10.4 Å². The minimum atomic E-state index is -3.73. The third-order valence-electron chi connectivity index (χ3n) is 1.66. The van der Waals surface area contributed by atoms with Crippen LogP contribution in [0, 0.1) is 0 Å². The Labute approximate surface area is 112 Å². The average molecular weight is 284 g/mol. The molecule has 1 aliphatic rings. The van der Waals surface area contributed by atoms with E-state index in [2.05, 4.69) is 20.7 Å². The summed E-state index contributed by atoms with van der Waals surface area (Å²) in [5, 5.41) is 0. The molecule has 0 aromatic heterocycles. The number of hydrogen-bond acceptors (Lipinski definition) is 3. The average Bonchev–Trinajstić information content (AvgIpc) is 2.23. The van der Waals surface area contributed by atoms with E-state index in [9.17, 15) is 13.2 Å². The molecule has 0 spiro atoms. The predicted octanol–water partition coefficient (Wildman–Crippen LogP) is -1.33. The van der Waals surface area contributed by atoms with Crippen molar-refractivity contribution in [1.29, 1.82) is 0 Å². The Morgan fingerprint density at radius 1 is 1.29 bits per heavy atom. The molecule has 7 heteroatoms. The number of amides is 1. The number of benzene rings is 1. The van der Waals surface area contributed by atoms with E-state index >= 15 is 0 Å². The van der Waals surface area contributed by atoms with Crippen LogP contribution in [0.4, 0.5) is 0 Å². The van der Waals surface area contributed by atoms with Gasteiger partial charge < -0.3 is 9.52 Å². The summed E-state index contributed by atoms with van der Waals surface area (Å²) in [5.74, 6) is -0.692. The van der Waals surface area contributed by atoms with Crippen LogP contribution in [0.3, 0.4) is 0 Å². The normalized spacial score (nSPS) is 16.8. The summed E-state index contributed by atoms with van der Waals surface area (Å²) in [4.78, 5) is 11.0. The number of carbonyl (C=O) groups excluding carboxylic acids is 1. The van der Waals surface area contributed by atoms with E-state index in [1.54, 1.807) is 6.07 Å². The molecule has 1 amide bonds. The van der Waals surface area contributed by atoms with Crippen LogP contribution in [-0.4, -0.2) is 14.3 Å². The van der Waals surface area contributed by atoms with Crippen molar-refractivity contribution in [3.8, 4) is 0 Å². The molecule has 1 aromatic rings. The standard InChI is InChI=1S/C7H4BrNO3S.Na/c8-4-1-2-5-6(3-4)13(11,12)9-7(5)10;/h1-3H,(H,9,10);/q;+1/p-1. The van der Waals surface area contributed by atoms with Crippen molar-refractivity contribution in [3.63, 3.8) is 0 Å². The van der Waals surface area contributed by atoms with Crippen LogP contribution in [0.2, 0.25) is 0 Å². The van der Waals surface area contributed by atoms with E-state index in [4.69, 9.17) is 0 Å². The molecule has 0 aliphatic carbocycles. The van der Waals surface area contributed by atoms with Gasteiger partial charge in [0.05, 0.1) is 10.8 Å². The third-order valence-corrected chi connectivity index (χ3v) is 3.45. The quantitative estimate of drug-likeness (QED) is 0.554. The first kappa shape index (κ1) is 12.2. The van der Waals surface area contributed by atoms with Gasteiger partial charge in [0.2, 0.25) is 0 Å². The van der Waals surface area contributed by atoms with E-state index in [1.807, 2.05) is 0 Å². The van der Waals surface area contributed by atoms with Crippen molar-refractivity contribution in [2.24, 2.45) is 0 Å². The first-order chi connectivity index (χ1) is 6.00. The smallest absolute Gasteiger partial charge is 0.537 e. The topological polar surface area (TPSA) is 65.3 Å². The van der Waals surface area contributed by atoms with E-state index in [-0.39, 0.29) is 40.0 Å². The van der Waals surface area contributed by atoms with Gasteiger partial charge in [0.25, 0.3) is 0 Å². The Hall–Kier alpha value is 0.120. The van der Waals surface area contributed by atoms with Crippen molar-refractivity contribution in [2.75, 3.05) is 0 Å². The molecule has 68 valence electrons. The third kappa shape index (κ3) is 1.90. The van der Waals surface area contributed by atoms with Crippen LogP contribution in [0.15, 0.2) is 27.6 Å². The Morgan fingerprint density at radius 3 is 2.57 bits per heavy atom. The van der Waals surface area contributed by atoms with Gasteiger partial charge in [-0.05, 0) is 12.1 Å². The van der Waals surface area contributed by atoms with Crippen LogP contribution in [-0.2, 0) is 10.0 Å². The molecule has 1 aromatic carbocycles. The number of halogens is 1. The van der Waals surface area contributed by atoms with Gasteiger partial charge in [0, 0.05) is 10.0 Å². The molecule has 0 bridgehead atoms. The van der Waals surface area contributed by atoms with E-state index < -0.39 is 15.9 Å². The van der Waals surface area contributed by atoms with Crippen LogP contribution >= 0.6 is 15.9 Å². The Bertz CT molecular complexity index is 500. The number of carbonyl (C=O) groups is 1. The Kier molecular flexibility index (Phi) is 3.43. The molecule has 2 rings (SSSR count). The molecular weight excluding hydrogens is 281 g/mol. The summed E-state index contributed by atoms with van der Waals surface area (Å²) >= 11 is 3.12. The zero-order chi connectivity index (χ0) is 9.64. The molecule has 0 radical (unpaired) electrons. The van der Waals surface area contributed by atoms with Crippen molar-refractivity contribution in [1.82, 2.24) is 0 Å². The van der Waals surface area contributed by atoms with Gasteiger partial charge in [-0.1, -0.05) is 22.0 Å². The molecule has 0 unspecified atom stereocenters. The number of fused-ring (bicyclic) bond motifs is 1. The van der Waals surface area contributed by atoms with E-state index in [0.717, 1.165) is 0 Å². The van der Waals surface area contributed by atoms with Gasteiger partial charge >= 0.3 is 29.6 Å². The second kappa shape index (κ2) is 3.94. The first-order valence-corrected chi connectivity index (χ1v) is 5.56. The zero-order valence-corrected chi connectivity index (χ0v) is 11.6. The van der Waals surface area contributed by atoms with Gasteiger partial charge in [0.15, 0.2) is 0 Å². The maximum atomic E-state index is 11.2. The number of hydrogen-bond donors (Lipinski definition) is 0. The summed E-state index contributed by atoms with van der Waals surface area (Å²) in [7, 11) is -3.73. The van der Waals surface area contributed by atoms with E-state index in [0.29, 0.717) is 4.47 Å². The summed E-state index contributed by atoms with van der Waals surface area (Å²) in [6, 6.07) is 4.42. The molecule has 0 N–H and O–H groups in total. The predicted molar refractivity (Wildman–Crippen MR) is 49.0 cm³/mol. The van der Waals surface area contributed by atoms with Crippen molar-refractivity contribution >= 4 is 31.9 Å².